The van der Waals surface area contributed by atoms with Gasteiger partial charge in [0, 0.05) is 38.1 Å². The normalized spacial score (nSPS) is 47.9. The molecule has 0 bridgehead atoms. The van der Waals surface area contributed by atoms with Gasteiger partial charge in [-0.1, -0.05) is 27.7 Å². The number of cyclic esters (lactones) is 1. The van der Waals surface area contributed by atoms with Crippen LogP contribution in [-0.4, -0.2) is 167 Å². The van der Waals surface area contributed by atoms with Crippen molar-refractivity contribution in [1.29, 1.82) is 0 Å². The van der Waals surface area contributed by atoms with E-state index in [4.69, 9.17) is 28.4 Å². The number of ether oxygens (including phenoxy) is 6. The number of carbonyl (C=O) groups is 1. The fourth-order valence-corrected chi connectivity index (χ4v) is 9.21. The van der Waals surface area contributed by atoms with Gasteiger partial charge in [0.2, 0.25) is 0 Å². The van der Waals surface area contributed by atoms with Crippen LogP contribution in [0.15, 0.2) is 0 Å². The van der Waals surface area contributed by atoms with Gasteiger partial charge in [0.1, 0.15) is 35.1 Å². The van der Waals surface area contributed by atoms with E-state index >= 15 is 0 Å². The molecule has 3 aliphatic heterocycles. The SMILES string of the molecule is CCCNC[C@]1(O)C(C)OC(OC2C(C)C(=O)OC(CC)[C@@](C)(O)C(O)C(C)NCC(C)C[C@@](C)(O)C(OC3OC(C)CC(N(C)C)C3O)C2C)C[C@@]1(C)OC. The predicted octanol–water partition coefficient (Wildman–Crippen LogP) is 1.93. The second-order valence-electron chi connectivity index (χ2n) is 18.2. The maximum atomic E-state index is 14.3. The Balaban J connectivity index is 2.16. The molecule has 7 N–H and O–H groups in total. The lowest BCUT2D eigenvalue weighted by Crippen LogP contribution is -2.70. The number of carbonyl (C=O) groups excluding carboxylic acids is 1. The minimum atomic E-state index is -1.81. The van der Waals surface area contributed by atoms with Gasteiger partial charge in [0.05, 0.1) is 35.9 Å². The van der Waals surface area contributed by atoms with Crippen molar-refractivity contribution in [2.45, 2.75) is 198 Å². The van der Waals surface area contributed by atoms with E-state index in [1.54, 1.807) is 34.6 Å². The molecule has 3 fully saturated rings. The monoisotopic (exact) mass is 806 g/mol. The van der Waals surface area contributed by atoms with Crippen LogP contribution < -0.4 is 10.6 Å². The number of methoxy groups -OCH3 is 1. The van der Waals surface area contributed by atoms with Crippen LogP contribution in [0.4, 0.5) is 0 Å². The zero-order valence-corrected chi connectivity index (χ0v) is 36.8. The van der Waals surface area contributed by atoms with Crippen molar-refractivity contribution in [3.63, 3.8) is 0 Å². The molecule has 18 atom stereocenters. The fraction of sp³-hybridized carbons (Fsp3) is 0.976. The van der Waals surface area contributed by atoms with E-state index in [1.807, 2.05) is 53.6 Å². The third kappa shape index (κ3) is 11.0. The van der Waals surface area contributed by atoms with E-state index in [-0.39, 0.29) is 43.9 Å². The molecular weight excluding hydrogens is 726 g/mol. The summed E-state index contributed by atoms with van der Waals surface area (Å²) in [4.78, 5) is 16.2. The molecule has 3 saturated heterocycles. The van der Waals surface area contributed by atoms with Gasteiger partial charge in [-0.05, 0) is 107 Å². The molecule has 15 heteroatoms. The van der Waals surface area contributed by atoms with Crippen molar-refractivity contribution in [1.82, 2.24) is 15.5 Å². The topological polar surface area (TPSA) is 201 Å². The molecule has 0 aromatic rings. The van der Waals surface area contributed by atoms with Crippen LogP contribution in [-0.2, 0) is 33.2 Å². The van der Waals surface area contributed by atoms with E-state index in [0.717, 1.165) is 6.42 Å². The van der Waals surface area contributed by atoms with Crippen LogP contribution >= 0.6 is 0 Å². The summed E-state index contributed by atoms with van der Waals surface area (Å²) in [6, 6.07) is -0.877. The van der Waals surface area contributed by atoms with Crippen molar-refractivity contribution in [3.05, 3.63) is 0 Å². The summed E-state index contributed by atoms with van der Waals surface area (Å²) in [7, 11) is 5.31. The first-order valence-electron chi connectivity index (χ1n) is 20.9. The molecule has 0 aliphatic carbocycles. The summed E-state index contributed by atoms with van der Waals surface area (Å²) in [5.74, 6) is -2.66. The van der Waals surface area contributed by atoms with Gasteiger partial charge in [-0.25, -0.2) is 0 Å². The molecule has 0 saturated carbocycles. The Hall–Kier alpha value is -1.05. The lowest BCUT2D eigenvalue weighted by molar-refractivity contribution is -0.336. The average Bonchev–Trinajstić information content (AvgIpc) is 3.12. The van der Waals surface area contributed by atoms with Crippen molar-refractivity contribution in [2.24, 2.45) is 17.8 Å². The van der Waals surface area contributed by atoms with Gasteiger partial charge in [-0.3, -0.25) is 4.79 Å². The molecule has 56 heavy (non-hydrogen) atoms. The fourth-order valence-electron chi connectivity index (χ4n) is 9.21. The maximum Gasteiger partial charge on any atom is 0.311 e. The lowest BCUT2D eigenvalue weighted by Gasteiger charge is -2.53. The highest BCUT2D eigenvalue weighted by atomic mass is 16.7. The summed E-state index contributed by atoms with van der Waals surface area (Å²) in [6.07, 6.45) is -6.71. The van der Waals surface area contributed by atoms with Crippen LogP contribution in [0.3, 0.4) is 0 Å². The highest BCUT2D eigenvalue weighted by Crippen LogP contribution is 2.43. The van der Waals surface area contributed by atoms with Gasteiger partial charge in [-0.2, -0.15) is 0 Å². The predicted molar refractivity (Wildman–Crippen MR) is 212 cm³/mol. The first kappa shape index (κ1) is 49.3. The highest BCUT2D eigenvalue weighted by molar-refractivity contribution is 5.73. The summed E-state index contributed by atoms with van der Waals surface area (Å²) >= 11 is 0. The van der Waals surface area contributed by atoms with Gasteiger partial charge in [0.15, 0.2) is 12.6 Å². The van der Waals surface area contributed by atoms with E-state index in [9.17, 15) is 30.3 Å². The van der Waals surface area contributed by atoms with Crippen LogP contribution in [0.25, 0.3) is 0 Å². The van der Waals surface area contributed by atoms with Crippen molar-refractivity contribution < 1.29 is 58.7 Å². The Bertz CT molecular complexity index is 1230. The Morgan fingerprint density at radius 2 is 1.61 bits per heavy atom. The van der Waals surface area contributed by atoms with Gasteiger partial charge < -0.3 is 69.5 Å². The smallest absolute Gasteiger partial charge is 0.311 e. The van der Waals surface area contributed by atoms with Crippen molar-refractivity contribution >= 4 is 5.97 Å². The standard InChI is InChI=1S/C41H79N3O12/c1-15-17-42-22-41(50)28(8)53-31(20-39(41,10)51-14)55-33-25(5)35(56-37-32(45)29(44(12)13)18-24(4)52-37)38(9,48)19-23(3)21-43-27(7)34(46)40(11,49)30(16-2)54-36(47)26(33)6/h23-35,37,42-43,45-46,48-50H,15-22H2,1-14H3/t23?,24?,25?,26?,27?,28?,29?,30?,31?,32?,33?,34?,35?,37?,38-,39-,40-,41+/m1/s1. The number of rotatable bonds is 11. The number of esters is 1. The largest absolute Gasteiger partial charge is 0.459 e. The molecule has 0 aromatic carbocycles. The molecule has 15 nitrogen and oxygen atoms in total. The van der Waals surface area contributed by atoms with E-state index in [2.05, 4.69) is 10.6 Å². The zero-order chi connectivity index (χ0) is 42.6. The molecule has 14 unspecified atom stereocenters. The third-order valence-electron chi connectivity index (χ3n) is 13.0. The summed E-state index contributed by atoms with van der Waals surface area (Å²) in [5, 5.41) is 65.8. The molecule has 0 aromatic heterocycles. The summed E-state index contributed by atoms with van der Waals surface area (Å²) < 4.78 is 38.3. The second-order valence-corrected chi connectivity index (χ2v) is 18.2. The Morgan fingerprint density at radius 3 is 2.18 bits per heavy atom. The number of aliphatic hydroxyl groups excluding tert-OH is 2. The number of hydrogen-bond donors (Lipinski definition) is 7. The first-order valence-corrected chi connectivity index (χ1v) is 20.9. The lowest BCUT2D eigenvalue weighted by atomic mass is 9.75. The molecular formula is C41H79N3O12. The van der Waals surface area contributed by atoms with Crippen LogP contribution in [0.1, 0.15) is 108 Å². The zero-order valence-electron chi connectivity index (χ0n) is 36.8. The van der Waals surface area contributed by atoms with E-state index in [1.165, 1.54) is 14.0 Å². The molecule has 3 aliphatic rings. The van der Waals surface area contributed by atoms with Crippen LogP contribution in [0.5, 0.6) is 0 Å². The third-order valence-corrected chi connectivity index (χ3v) is 13.0. The second kappa shape index (κ2) is 20.0. The van der Waals surface area contributed by atoms with Crippen LogP contribution in [0.2, 0.25) is 0 Å². The number of likely N-dealkylation sites (N-methyl/N-ethyl adjacent to an activating group) is 1. The molecule has 0 radical (unpaired) electrons. The maximum absolute atomic E-state index is 14.3. The first-order chi connectivity index (χ1) is 25.9. The Morgan fingerprint density at radius 1 is 0.964 bits per heavy atom. The summed E-state index contributed by atoms with van der Waals surface area (Å²) in [6.45, 7) is 20.9. The van der Waals surface area contributed by atoms with Crippen molar-refractivity contribution in [2.75, 3.05) is 40.8 Å². The average molecular weight is 806 g/mol. The van der Waals surface area contributed by atoms with Gasteiger partial charge >= 0.3 is 5.97 Å². The minimum Gasteiger partial charge on any atom is -0.459 e. The van der Waals surface area contributed by atoms with E-state index in [0.29, 0.717) is 19.5 Å². The quantitative estimate of drug-likeness (QED) is 0.118. The molecule has 0 spiro atoms. The molecule has 3 heterocycles. The molecule has 0 amide bonds. The number of nitrogens with one attached hydrogen (secondary N) is 2. The number of aliphatic hydroxyl groups is 5. The highest BCUT2D eigenvalue weighted by Gasteiger charge is 2.58. The van der Waals surface area contributed by atoms with Gasteiger partial charge in [0.25, 0.3) is 0 Å². The van der Waals surface area contributed by atoms with Crippen molar-refractivity contribution in [3.8, 4) is 0 Å². The van der Waals surface area contributed by atoms with Crippen LogP contribution in [0, 0.1) is 17.8 Å². The molecule has 330 valence electrons. The summed E-state index contributed by atoms with van der Waals surface area (Å²) in [5.41, 5.74) is -5.95. The van der Waals surface area contributed by atoms with E-state index < -0.39 is 95.5 Å². The molecule has 3 rings (SSSR count). The Labute approximate surface area is 336 Å². The Kier molecular flexibility index (Phi) is 17.6. The number of hydrogen-bond acceptors (Lipinski definition) is 15. The number of nitrogens with zero attached hydrogens (tertiary/aromatic N) is 1. The van der Waals surface area contributed by atoms with Gasteiger partial charge in [-0.15, -0.1) is 0 Å². The minimum absolute atomic E-state index is 0.0939.